The summed E-state index contributed by atoms with van der Waals surface area (Å²) in [5.41, 5.74) is 0.0243. The van der Waals surface area contributed by atoms with Gasteiger partial charge in [-0.1, -0.05) is 37.3 Å². The van der Waals surface area contributed by atoms with E-state index in [0.29, 0.717) is 13.0 Å². The molecule has 0 amide bonds. The number of methoxy groups -OCH3 is 1. The zero-order valence-corrected chi connectivity index (χ0v) is 12.8. The van der Waals surface area contributed by atoms with Gasteiger partial charge in [0, 0.05) is 11.5 Å². The third-order valence-corrected chi connectivity index (χ3v) is 5.32. The number of hydrogen-bond donors (Lipinski definition) is 0. The predicted octanol–water partition coefficient (Wildman–Crippen LogP) is 2.03. The molecule has 1 aromatic carbocycles. The molecule has 1 aromatic rings. The van der Waals surface area contributed by atoms with Crippen LogP contribution in [0.15, 0.2) is 30.3 Å². The molecule has 2 aliphatic rings. The highest BCUT2D eigenvalue weighted by Crippen LogP contribution is 2.53. The monoisotopic (exact) mass is 304 g/mol. The van der Waals surface area contributed by atoms with Gasteiger partial charge in [0.25, 0.3) is 0 Å². The second kappa shape index (κ2) is 5.35. The van der Waals surface area contributed by atoms with E-state index in [0.717, 1.165) is 12.0 Å². The van der Waals surface area contributed by atoms with Gasteiger partial charge in [-0.25, -0.2) is 0 Å². The molecule has 0 spiro atoms. The largest absolute Gasteiger partial charge is 0.468 e. The van der Waals surface area contributed by atoms with Gasteiger partial charge < -0.3 is 4.74 Å². The van der Waals surface area contributed by atoms with Crippen molar-refractivity contribution in [3.63, 3.8) is 0 Å². The number of nitro groups is 1. The van der Waals surface area contributed by atoms with Crippen LogP contribution < -0.4 is 0 Å². The smallest absolute Gasteiger partial charge is 0.326 e. The Balaban J connectivity index is 2.12. The molecule has 6 nitrogen and oxygen atoms in total. The minimum Gasteiger partial charge on any atom is -0.468 e. The van der Waals surface area contributed by atoms with Crippen LogP contribution in [0.1, 0.15) is 31.4 Å². The number of hydrogen-bond acceptors (Lipinski definition) is 5. The molecule has 22 heavy (non-hydrogen) atoms. The summed E-state index contributed by atoms with van der Waals surface area (Å²) >= 11 is 0. The number of rotatable bonds is 3. The second-order valence-electron chi connectivity index (χ2n) is 6.13. The van der Waals surface area contributed by atoms with Crippen LogP contribution in [0.4, 0.5) is 0 Å². The second-order valence-corrected chi connectivity index (χ2v) is 6.13. The molecule has 0 unspecified atom stereocenters. The van der Waals surface area contributed by atoms with Crippen molar-refractivity contribution in [3.05, 3.63) is 46.0 Å². The van der Waals surface area contributed by atoms with Crippen LogP contribution in [0, 0.1) is 16.0 Å². The van der Waals surface area contributed by atoms with E-state index in [9.17, 15) is 14.9 Å². The number of ether oxygens (including phenoxy) is 1. The highest BCUT2D eigenvalue weighted by molar-refractivity contribution is 5.82. The molecule has 2 aliphatic heterocycles. The van der Waals surface area contributed by atoms with E-state index in [1.54, 1.807) is 0 Å². The molecule has 0 N–H and O–H groups in total. The molecule has 0 aromatic heterocycles. The van der Waals surface area contributed by atoms with Crippen molar-refractivity contribution in [1.82, 2.24) is 4.90 Å². The Labute approximate surface area is 129 Å². The summed E-state index contributed by atoms with van der Waals surface area (Å²) < 4.78 is 5.02. The first kappa shape index (κ1) is 15.0. The molecular formula is C16H20N2O4. The topological polar surface area (TPSA) is 72.7 Å². The molecule has 118 valence electrons. The fourth-order valence-electron chi connectivity index (χ4n) is 4.39. The number of nitrogens with zero attached hydrogens (tertiary/aromatic N) is 2. The molecule has 2 saturated heterocycles. The summed E-state index contributed by atoms with van der Waals surface area (Å²) in [4.78, 5) is 26.0. The summed E-state index contributed by atoms with van der Waals surface area (Å²) in [5, 5.41) is 11.7. The molecule has 6 heteroatoms. The quantitative estimate of drug-likeness (QED) is 0.485. The van der Waals surface area contributed by atoms with Crippen LogP contribution in [0.3, 0.4) is 0 Å². The van der Waals surface area contributed by atoms with Crippen molar-refractivity contribution in [1.29, 1.82) is 0 Å². The Morgan fingerprint density at radius 3 is 2.68 bits per heavy atom. The maximum absolute atomic E-state index is 12.5. The summed E-state index contributed by atoms with van der Waals surface area (Å²) in [7, 11) is 1.36. The van der Waals surface area contributed by atoms with E-state index in [1.165, 1.54) is 7.11 Å². The van der Waals surface area contributed by atoms with Crippen LogP contribution in [0.2, 0.25) is 0 Å². The van der Waals surface area contributed by atoms with E-state index in [1.807, 2.05) is 42.2 Å². The lowest BCUT2D eigenvalue weighted by Gasteiger charge is -2.33. The SMILES string of the molecule is COC(=O)[C@@]12CCCN1[C@H](c1ccccc1)[C@H]([N+](=O)[O-])[C@H]2C. The maximum Gasteiger partial charge on any atom is 0.326 e. The average Bonchev–Trinajstić information content (AvgIpc) is 3.05. The highest BCUT2D eigenvalue weighted by atomic mass is 16.6. The fraction of sp³-hybridized carbons (Fsp3) is 0.562. The van der Waals surface area contributed by atoms with Gasteiger partial charge in [-0.3, -0.25) is 19.8 Å². The van der Waals surface area contributed by atoms with Crippen molar-refractivity contribution in [3.8, 4) is 0 Å². The van der Waals surface area contributed by atoms with Gasteiger partial charge in [-0.2, -0.15) is 0 Å². The van der Waals surface area contributed by atoms with Crippen molar-refractivity contribution >= 4 is 5.97 Å². The Morgan fingerprint density at radius 1 is 1.41 bits per heavy atom. The van der Waals surface area contributed by atoms with Crippen LogP contribution in [0.25, 0.3) is 0 Å². The van der Waals surface area contributed by atoms with Crippen LogP contribution in [0.5, 0.6) is 0 Å². The van der Waals surface area contributed by atoms with E-state index < -0.39 is 11.6 Å². The van der Waals surface area contributed by atoms with Crippen molar-refractivity contribution in [2.45, 2.75) is 37.4 Å². The average molecular weight is 304 g/mol. The van der Waals surface area contributed by atoms with Crippen LogP contribution >= 0.6 is 0 Å². The standard InChI is InChI=1S/C16H20N2O4/c1-11-13(18(20)21)14(12-7-4-3-5-8-12)17-10-6-9-16(11,17)15(19)22-2/h3-5,7-8,11,13-14H,6,9-10H2,1-2H3/t11-,13-,14-,16+/m1/s1. The molecule has 0 saturated carbocycles. The van der Waals surface area contributed by atoms with Gasteiger partial charge in [0.15, 0.2) is 0 Å². The maximum atomic E-state index is 12.5. The van der Waals surface area contributed by atoms with Crippen LogP contribution in [-0.2, 0) is 9.53 Å². The lowest BCUT2D eigenvalue weighted by atomic mass is 9.81. The molecule has 0 radical (unpaired) electrons. The molecule has 0 bridgehead atoms. The molecule has 2 fully saturated rings. The third-order valence-electron chi connectivity index (χ3n) is 5.32. The van der Waals surface area contributed by atoms with Gasteiger partial charge in [0.1, 0.15) is 11.6 Å². The van der Waals surface area contributed by atoms with E-state index in [-0.39, 0.29) is 22.9 Å². The van der Waals surface area contributed by atoms with E-state index in [2.05, 4.69) is 0 Å². The zero-order valence-electron chi connectivity index (χ0n) is 12.8. The predicted molar refractivity (Wildman–Crippen MR) is 79.8 cm³/mol. The zero-order chi connectivity index (χ0) is 15.9. The summed E-state index contributed by atoms with van der Waals surface area (Å²) in [5.74, 6) is -0.731. The minimum absolute atomic E-state index is 0.231. The fourth-order valence-corrected chi connectivity index (χ4v) is 4.39. The van der Waals surface area contributed by atoms with Gasteiger partial charge >= 0.3 is 5.97 Å². The first-order chi connectivity index (χ1) is 10.5. The molecule has 4 atom stereocenters. The first-order valence-corrected chi connectivity index (χ1v) is 7.57. The summed E-state index contributed by atoms with van der Waals surface area (Å²) in [6.07, 6.45) is 1.47. The van der Waals surface area contributed by atoms with Crippen molar-refractivity contribution in [2.24, 2.45) is 5.92 Å². The lowest BCUT2D eigenvalue weighted by Crippen LogP contribution is -2.51. The van der Waals surface area contributed by atoms with Gasteiger partial charge in [0.2, 0.25) is 6.04 Å². The number of carbonyl (C=O) groups is 1. The van der Waals surface area contributed by atoms with Gasteiger partial charge in [-0.05, 0) is 18.4 Å². The lowest BCUT2D eigenvalue weighted by molar-refractivity contribution is -0.533. The van der Waals surface area contributed by atoms with E-state index in [4.69, 9.17) is 4.74 Å². The third kappa shape index (κ3) is 1.86. The Morgan fingerprint density at radius 2 is 2.09 bits per heavy atom. The normalized spacial score (nSPS) is 34.4. The molecule has 2 heterocycles. The molecule has 0 aliphatic carbocycles. The Hall–Kier alpha value is -1.95. The Bertz CT molecular complexity index is 591. The number of carbonyl (C=O) groups excluding carboxylic acids is 1. The Kier molecular flexibility index (Phi) is 3.64. The minimum atomic E-state index is -0.868. The van der Waals surface area contributed by atoms with Gasteiger partial charge in [-0.15, -0.1) is 0 Å². The number of fused-ring (bicyclic) bond motifs is 1. The van der Waals surface area contributed by atoms with Crippen LogP contribution in [-0.4, -0.2) is 41.0 Å². The first-order valence-electron chi connectivity index (χ1n) is 7.57. The van der Waals surface area contributed by atoms with Crippen molar-refractivity contribution < 1.29 is 14.5 Å². The molecular weight excluding hydrogens is 284 g/mol. The highest BCUT2D eigenvalue weighted by Gasteiger charge is 2.68. The number of benzene rings is 1. The van der Waals surface area contributed by atoms with Crippen molar-refractivity contribution in [2.75, 3.05) is 13.7 Å². The summed E-state index contributed by atoms with van der Waals surface area (Å²) in [6.45, 7) is 2.50. The number of esters is 1. The summed E-state index contributed by atoms with van der Waals surface area (Å²) in [6, 6.07) is 8.27. The molecule has 3 rings (SSSR count). The van der Waals surface area contributed by atoms with E-state index >= 15 is 0 Å². The van der Waals surface area contributed by atoms with Gasteiger partial charge in [0.05, 0.1) is 13.0 Å².